The van der Waals surface area contributed by atoms with Crippen LogP contribution >= 0.6 is 34.3 Å². The molecule has 0 fully saturated rings. The number of nitrogens with zero attached hydrogens (tertiary/aromatic N) is 2. The molecule has 1 aromatic carbocycles. The summed E-state index contributed by atoms with van der Waals surface area (Å²) in [6, 6.07) is 7.71. The Labute approximate surface area is 147 Å². The van der Waals surface area contributed by atoms with Crippen molar-refractivity contribution in [1.82, 2.24) is 10.2 Å². The van der Waals surface area contributed by atoms with Crippen LogP contribution in [-0.4, -0.2) is 16.1 Å². The summed E-state index contributed by atoms with van der Waals surface area (Å²) in [4.78, 5) is 13.0. The highest BCUT2D eigenvalue weighted by molar-refractivity contribution is 7.22. The lowest BCUT2D eigenvalue weighted by Crippen LogP contribution is -2.14. The molecule has 0 bridgehead atoms. The summed E-state index contributed by atoms with van der Waals surface area (Å²) < 4.78 is 0.993. The molecule has 1 N–H and O–H groups in total. The lowest BCUT2D eigenvalue weighted by Gasteiger charge is -2.17. The van der Waals surface area contributed by atoms with Crippen molar-refractivity contribution in [3.63, 3.8) is 0 Å². The van der Waals surface area contributed by atoms with Crippen LogP contribution in [0.15, 0.2) is 24.3 Å². The van der Waals surface area contributed by atoms with Gasteiger partial charge in [-0.25, -0.2) is 0 Å². The lowest BCUT2D eigenvalue weighted by atomic mass is 9.91. The van der Waals surface area contributed by atoms with Gasteiger partial charge in [0.2, 0.25) is 5.13 Å². The first-order valence-corrected chi connectivity index (χ1v) is 9.26. The third-order valence-electron chi connectivity index (χ3n) is 3.85. The number of aromatic nitrogens is 2. The number of carbonyl (C=O) groups excluding carboxylic acids is 1. The molecule has 3 aromatic rings. The van der Waals surface area contributed by atoms with Crippen molar-refractivity contribution in [2.24, 2.45) is 0 Å². The van der Waals surface area contributed by atoms with E-state index < -0.39 is 0 Å². The summed E-state index contributed by atoms with van der Waals surface area (Å²) in [6.07, 6.45) is 0.956. The van der Waals surface area contributed by atoms with Crippen molar-refractivity contribution in [3.05, 3.63) is 39.2 Å². The minimum absolute atomic E-state index is 0.0457. The molecule has 0 radical (unpaired) electrons. The van der Waals surface area contributed by atoms with E-state index in [-0.39, 0.29) is 11.3 Å². The number of halogens is 1. The molecular weight excluding hydrogens is 350 g/mol. The number of rotatable bonds is 4. The molecule has 0 aliphatic heterocycles. The Balaban J connectivity index is 1.85. The molecule has 0 atom stereocenters. The highest BCUT2D eigenvalue weighted by Gasteiger charge is 2.24. The summed E-state index contributed by atoms with van der Waals surface area (Å²) in [7, 11) is 0. The number of anilines is 1. The van der Waals surface area contributed by atoms with E-state index in [0.29, 0.717) is 15.0 Å². The smallest absolute Gasteiger partial charge is 0.269 e. The van der Waals surface area contributed by atoms with Gasteiger partial charge < -0.3 is 0 Å². The Bertz CT molecular complexity index is 869. The Kier molecular flexibility index (Phi) is 4.40. The van der Waals surface area contributed by atoms with E-state index >= 15 is 0 Å². The van der Waals surface area contributed by atoms with Gasteiger partial charge in [-0.15, -0.1) is 21.5 Å². The first-order chi connectivity index (χ1) is 10.9. The van der Waals surface area contributed by atoms with Crippen molar-refractivity contribution in [2.45, 2.75) is 32.6 Å². The van der Waals surface area contributed by atoms with Crippen LogP contribution < -0.4 is 5.32 Å². The molecule has 2 heterocycles. The quantitative estimate of drug-likeness (QED) is 0.678. The Morgan fingerprint density at radius 3 is 2.70 bits per heavy atom. The fourth-order valence-corrected chi connectivity index (χ4v) is 4.34. The summed E-state index contributed by atoms with van der Waals surface area (Å²) >= 11 is 9.12. The average molecular weight is 366 g/mol. The van der Waals surface area contributed by atoms with E-state index in [0.717, 1.165) is 21.5 Å². The summed E-state index contributed by atoms with van der Waals surface area (Å²) in [5.74, 6) is -0.242. The molecule has 0 aliphatic carbocycles. The number of carbonyl (C=O) groups is 1. The van der Waals surface area contributed by atoms with Gasteiger partial charge in [-0.3, -0.25) is 10.1 Å². The van der Waals surface area contributed by atoms with Gasteiger partial charge in [0.1, 0.15) is 9.88 Å². The average Bonchev–Trinajstić information content (AvgIpc) is 3.13. The lowest BCUT2D eigenvalue weighted by molar-refractivity contribution is 0.103. The number of benzene rings is 1. The zero-order valence-corrected chi connectivity index (χ0v) is 15.4. The normalized spacial score (nSPS) is 11.8. The number of hydrogen-bond donors (Lipinski definition) is 1. The number of hydrogen-bond acceptors (Lipinski definition) is 5. The predicted molar refractivity (Wildman–Crippen MR) is 98.0 cm³/mol. The zero-order chi connectivity index (χ0) is 16.6. The molecule has 0 spiro atoms. The van der Waals surface area contributed by atoms with Gasteiger partial charge in [-0.2, -0.15) is 0 Å². The number of amides is 1. The molecule has 23 heavy (non-hydrogen) atoms. The zero-order valence-electron chi connectivity index (χ0n) is 13.0. The van der Waals surface area contributed by atoms with Gasteiger partial charge in [-0.1, -0.05) is 61.9 Å². The van der Waals surface area contributed by atoms with Gasteiger partial charge in [0, 0.05) is 15.5 Å². The molecule has 1 amide bonds. The predicted octanol–water partition coefficient (Wildman–Crippen LogP) is 5.35. The van der Waals surface area contributed by atoms with E-state index in [4.69, 9.17) is 11.6 Å². The molecule has 0 saturated carbocycles. The number of thiophene rings is 1. The highest BCUT2D eigenvalue weighted by Crippen LogP contribution is 2.36. The molecule has 0 saturated heterocycles. The second-order valence-electron chi connectivity index (χ2n) is 5.85. The van der Waals surface area contributed by atoms with Crippen molar-refractivity contribution in [2.75, 3.05) is 5.32 Å². The van der Waals surface area contributed by atoms with Crippen molar-refractivity contribution >= 4 is 55.4 Å². The van der Waals surface area contributed by atoms with Crippen LogP contribution in [0.4, 0.5) is 5.13 Å². The second-order valence-corrected chi connectivity index (χ2v) is 8.25. The first kappa shape index (κ1) is 16.4. The van der Waals surface area contributed by atoms with Crippen molar-refractivity contribution < 1.29 is 4.79 Å². The van der Waals surface area contributed by atoms with Crippen LogP contribution in [0.25, 0.3) is 10.1 Å². The van der Waals surface area contributed by atoms with Gasteiger partial charge in [0.15, 0.2) is 0 Å². The maximum atomic E-state index is 12.5. The van der Waals surface area contributed by atoms with Gasteiger partial charge >= 0.3 is 0 Å². The molecule has 2 aromatic heterocycles. The van der Waals surface area contributed by atoms with E-state index in [2.05, 4.69) is 36.3 Å². The van der Waals surface area contributed by atoms with Crippen LogP contribution in [0.1, 0.15) is 41.9 Å². The summed E-state index contributed by atoms with van der Waals surface area (Å²) in [5.41, 5.74) is -0.0457. The summed E-state index contributed by atoms with van der Waals surface area (Å²) in [6.45, 7) is 6.33. The van der Waals surface area contributed by atoms with Crippen LogP contribution in [0.3, 0.4) is 0 Å². The van der Waals surface area contributed by atoms with Crippen LogP contribution in [0.5, 0.6) is 0 Å². The minimum atomic E-state index is -0.242. The Morgan fingerprint density at radius 2 is 2.00 bits per heavy atom. The van der Waals surface area contributed by atoms with Crippen LogP contribution in [0.2, 0.25) is 5.02 Å². The monoisotopic (exact) mass is 365 g/mol. The Hall–Kier alpha value is -1.50. The number of fused-ring (bicyclic) bond motifs is 1. The molecule has 120 valence electrons. The van der Waals surface area contributed by atoms with Gasteiger partial charge in [-0.05, 0) is 12.5 Å². The topological polar surface area (TPSA) is 54.9 Å². The largest absolute Gasteiger partial charge is 0.296 e. The highest BCUT2D eigenvalue weighted by atomic mass is 35.5. The van der Waals surface area contributed by atoms with E-state index in [9.17, 15) is 4.79 Å². The van der Waals surface area contributed by atoms with Gasteiger partial charge in [0.25, 0.3) is 5.91 Å². The fourth-order valence-electron chi connectivity index (χ4n) is 2.01. The SMILES string of the molecule is CCC(C)(C)c1nnc(NC(=O)c2sc3ccccc3c2Cl)s1. The van der Waals surface area contributed by atoms with Crippen molar-refractivity contribution in [3.8, 4) is 0 Å². The molecular formula is C16H16ClN3OS2. The number of nitrogens with one attached hydrogen (secondary N) is 1. The van der Waals surface area contributed by atoms with E-state index in [1.165, 1.54) is 22.7 Å². The van der Waals surface area contributed by atoms with Crippen molar-refractivity contribution in [1.29, 1.82) is 0 Å². The summed E-state index contributed by atoms with van der Waals surface area (Å²) in [5, 5.41) is 13.9. The maximum Gasteiger partial charge on any atom is 0.269 e. The van der Waals surface area contributed by atoms with Crippen LogP contribution in [-0.2, 0) is 5.41 Å². The molecule has 7 heteroatoms. The standard InChI is InChI=1S/C16H16ClN3OS2/c1-4-16(2,3)14-19-20-15(23-14)18-13(21)12-11(17)9-7-5-6-8-10(9)22-12/h5-8H,4H2,1-3H3,(H,18,20,21). The first-order valence-electron chi connectivity index (χ1n) is 7.24. The van der Waals surface area contributed by atoms with E-state index in [1.807, 2.05) is 24.3 Å². The third-order valence-corrected chi connectivity index (χ3v) is 6.73. The molecule has 3 rings (SSSR count). The third kappa shape index (κ3) is 3.11. The Morgan fingerprint density at radius 1 is 1.26 bits per heavy atom. The second kappa shape index (κ2) is 6.19. The van der Waals surface area contributed by atoms with Crippen LogP contribution in [0, 0.1) is 0 Å². The molecule has 4 nitrogen and oxygen atoms in total. The molecule has 0 aliphatic rings. The minimum Gasteiger partial charge on any atom is -0.296 e. The van der Waals surface area contributed by atoms with Gasteiger partial charge in [0.05, 0.1) is 5.02 Å². The van der Waals surface area contributed by atoms with E-state index in [1.54, 1.807) is 0 Å². The molecule has 0 unspecified atom stereocenters. The maximum absolute atomic E-state index is 12.5. The fraction of sp³-hybridized carbons (Fsp3) is 0.312.